The molecule has 1 aromatic carbocycles. The molecule has 3 N–H and O–H groups in total. The molecule has 22 heavy (non-hydrogen) atoms. The lowest BCUT2D eigenvalue weighted by Gasteiger charge is -2.24. The average molecular weight is 316 g/mol. The van der Waals surface area contributed by atoms with Crippen molar-refractivity contribution in [2.45, 2.75) is 39.5 Å². The maximum absolute atomic E-state index is 10.4. The van der Waals surface area contributed by atoms with Crippen LogP contribution in [0.5, 0.6) is 0 Å². The van der Waals surface area contributed by atoms with E-state index in [1.807, 2.05) is 39.8 Å². The highest BCUT2D eigenvalue weighted by Crippen LogP contribution is 2.30. The van der Waals surface area contributed by atoms with Gasteiger partial charge in [-0.1, -0.05) is 6.07 Å². The van der Waals surface area contributed by atoms with E-state index >= 15 is 0 Å². The van der Waals surface area contributed by atoms with Gasteiger partial charge in [0.15, 0.2) is 5.82 Å². The number of nitrogens with one attached hydrogen (secondary N) is 2. The minimum absolute atomic E-state index is 0.189. The maximum Gasteiger partial charge on any atom is 0.158 e. The van der Waals surface area contributed by atoms with Crippen LogP contribution in [0.2, 0.25) is 0 Å². The summed E-state index contributed by atoms with van der Waals surface area (Å²) in [6.45, 7) is 8.09. The van der Waals surface area contributed by atoms with Crippen LogP contribution >= 0.6 is 11.3 Å². The first kappa shape index (κ1) is 15.1. The van der Waals surface area contributed by atoms with E-state index in [4.69, 9.17) is 0 Å². The number of hydrogen-bond donors (Lipinski definition) is 3. The van der Waals surface area contributed by atoms with Crippen LogP contribution in [0.15, 0.2) is 23.7 Å². The Kier molecular flexibility index (Phi) is 3.76. The Morgan fingerprint density at radius 2 is 2.09 bits per heavy atom. The van der Waals surface area contributed by atoms with Gasteiger partial charge in [0.1, 0.15) is 11.9 Å². The Morgan fingerprint density at radius 3 is 2.82 bits per heavy atom. The summed E-state index contributed by atoms with van der Waals surface area (Å²) in [7, 11) is 0. The number of nitrogens with zero attached hydrogens (tertiary/aromatic N) is 2. The number of aryl methyl sites for hydroxylation is 1. The fraction of sp³-hybridized carbons (Fsp3) is 0.375. The largest absolute Gasteiger partial charge is 0.373 e. The van der Waals surface area contributed by atoms with E-state index in [0.717, 1.165) is 15.9 Å². The lowest BCUT2D eigenvalue weighted by Crippen LogP contribution is -2.38. The molecule has 0 aliphatic heterocycles. The second-order valence-electron chi connectivity index (χ2n) is 6.47. The smallest absolute Gasteiger partial charge is 0.158 e. The molecular formula is C16H20N4OS. The van der Waals surface area contributed by atoms with Crippen molar-refractivity contribution in [3.63, 3.8) is 0 Å². The molecular weight excluding hydrogens is 296 g/mol. The van der Waals surface area contributed by atoms with Crippen molar-refractivity contribution < 1.29 is 5.11 Å². The molecule has 1 unspecified atom stereocenters. The van der Waals surface area contributed by atoms with E-state index in [1.54, 1.807) is 5.51 Å². The predicted octanol–water partition coefficient (Wildman–Crippen LogP) is 3.37. The lowest BCUT2D eigenvalue weighted by molar-refractivity contribution is 0.110. The quantitative estimate of drug-likeness (QED) is 0.648. The number of rotatable bonds is 3. The molecule has 0 spiro atoms. The van der Waals surface area contributed by atoms with E-state index in [2.05, 4.69) is 26.3 Å². The van der Waals surface area contributed by atoms with Gasteiger partial charge < -0.3 is 10.1 Å². The molecule has 0 saturated heterocycles. The minimum Gasteiger partial charge on any atom is -0.373 e. The number of H-pyrrole nitrogens is 1. The van der Waals surface area contributed by atoms with Gasteiger partial charge in [-0.3, -0.25) is 5.32 Å². The van der Waals surface area contributed by atoms with E-state index in [1.165, 1.54) is 16.9 Å². The molecule has 6 heteroatoms. The minimum atomic E-state index is -0.766. The SMILES string of the molecule is Cc1ccc2nc(-c3ncsc3C(O)NC(C)(C)C)[nH]c2c1. The van der Waals surface area contributed by atoms with Crippen LogP contribution < -0.4 is 5.32 Å². The Labute approximate surface area is 133 Å². The number of thiazole rings is 1. The van der Waals surface area contributed by atoms with E-state index in [0.29, 0.717) is 11.5 Å². The number of aliphatic hydroxyl groups excluding tert-OH is 1. The summed E-state index contributed by atoms with van der Waals surface area (Å²) in [4.78, 5) is 13.0. The molecule has 116 valence electrons. The van der Waals surface area contributed by atoms with Crippen molar-refractivity contribution >= 4 is 22.4 Å². The first-order chi connectivity index (χ1) is 10.3. The number of aromatic nitrogens is 3. The van der Waals surface area contributed by atoms with Crippen molar-refractivity contribution in [1.82, 2.24) is 20.3 Å². The zero-order valence-corrected chi connectivity index (χ0v) is 14.0. The van der Waals surface area contributed by atoms with Crippen LogP contribution in [0.3, 0.4) is 0 Å². The van der Waals surface area contributed by atoms with Crippen LogP contribution in [0.25, 0.3) is 22.6 Å². The molecule has 0 bridgehead atoms. The van der Waals surface area contributed by atoms with Crippen LogP contribution in [0.1, 0.15) is 37.4 Å². The van der Waals surface area contributed by atoms with Crippen molar-refractivity contribution in [2.24, 2.45) is 0 Å². The summed E-state index contributed by atoms with van der Waals surface area (Å²) in [5.74, 6) is 0.687. The Hall–Kier alpha value is -1.76. The molecule has 3 aromatic rings. The van der Waals surface area contributed by atoms with Crippen molar-refractivity contribution in [3.8, 4) is 11.5 Å². The number of benzene rings is 1. The molecule has 0 saturated carbocycles. The van der Waals surface area contributed by atoms with Gasteiger partial charge >= 0.3 is 0 Å². The molecule has 0 amide bonds. The second-order valence-corrected chi connectivity index (χ2v) is 7.35. The normalized spacial score (nSPS) is 13.7. The van der Waals surface area contributed by atoms with E-state index in [9.17, 15) is 5.11 Å². The van der Waals surface area contributed by atoms with Crippen LogP contribution in [-0.4, -0.2) is 25.6 Å². The van der Waals surface area contributed by atoms with Gasteiger partial charge in [0.2, 0.25) is 0 Å². The standard InChI is InChI=1S/C16H20N4OS/c1-9-5-6-10-11(7-9)19-14(18-10)12-13(22-8-17-12)15(21)20-16(2,3)4/h5-8,15,20-21H,1-4H3,(H,18,19). The molecule has 5 nitrogen and oxygen atoms in total. The van der Waals surface area contributed by atoms with Gasteiger partial charge in [-0.05, 0) is 45.4 Å². The molecule has 2 heterocycles. The highest BCUT2D eigenvalue weighted by atomic mass is 32.1. The van der Waals surface area contributed by atoms with Crippen molar-refractivity contribution in [3.05, 3.63) is 34.2 Å². The van der Waals surface area contributed by atoms with E-state index < -0.39 is 6.23 Å². The van der Waals surface area contributed by atoms with Crippen LogP contribution in [-0.2, 0) is 0 Å². The van der Waals surface area contributed by atoms with Crippen molar-refractivity contribution in [1.29, 1.82) is 0 Å². The Morgan fingerprint density at radius 1 is 1.32 bits per heavy atom. The van der Waals surface area contributed by atoms with Gasteiger partial charge in [0, 0.05) is 5.54 Å². The zero-order valence-electron chi connectivity index (χ0n) is 13.1. The topological polar surface area (TPSA) is 73.8 Å². The Bertz CT molecular complexity index is 800. The first-order valence-corrected chi connectivity index (χ1v) is 8.07. The zero-order chi connectivity index (χ0) is 15.9. The molecule has 1 atom stereocenters. The first-order valence-electron chi connectivity index (χ1n) is 7.19. The molecule has 2 aromatic heterocycles. The molecule has 0 fully saturated rings. The monoisotopic (exact) mass is 316 g/mol. The van der Waals surface area contributed by atoms with Crippen LogP contribution in [0, 0.1) is 6.92 Å². The number of aliphatic hydroxyl groups is 1. The maximum atomic E-state index is 10.4. The highest BCUT2D eigenvalue weighted by Gasteiger charge is 2.23. The summed E-state index contributed by atoms with van der Waals surface area (Å²) < 4.78 is 0. The molecule has 0 radical (unpaired) electrons. The Balaban J connectivity index is 1.99. The fourth-order valence-corrected chi connectivity index (χ4v) is 3.06. The average Bonchev–Trinajstić information content (AvgIpc) is 3.01. The lowest BCUT2D eigenvalue weighted by atomic mass is 10.1. The number of imidazole rings is 1. The second kappa shape index (κ2) is 5.46. The molecule has 0 aliphatic carbocycles. The van der Waals surface area contributed by atoms with Gasteiger partial charge in [0.25, 0.3) is 0 Å². The van der Waals surface area contributed by atoms with Crippen LogP contribution in [0.4, 0.5) is 0 Å². The number of aromatic amines is 1. The van der Waals surface area contributed by atoms with Gasteiger partial charge in [-0.25, -0.2) is 9.97 Å². The highest BCUT2D eigenvalue weighted by molar-refractivity contribution is 7.10. The van der Waals surface area contributed by atoms with Crippen molar-refractivity contribution in [2.75, 3.05) is 0 Å². The summed E-state index contributed by atoms with van der Waals surface area (Å²) in [5.41, 5.74) is 5.30. The third-order valence-corrected chi connectivity index (χ3v) is 4.16. The van der Waals surface area contributed by atoms with Gasteiger partial charge in [0.05, 0.1) is 21.4 Å². The number of hydrogen-bond acceptors (Lipinski definition) is 5. The summed E-state index contributed by atoms with van der Waals surface area (Å²) in [6, 6.07) is 6.08. The third-order valence-electron chi connectivity index (χ3n) is 3.27. The van der Waals surface area contributed by atoms with E-state index in [-0.39, 0.29) is 5.54 Å². The summed E-state index contributed by atoms with van der Waals surface area (Å²) in [6.07, 6.45) is -0.766. The molecule has 0 aliphatic rings. The summed E-state index contributed by atoms with van der Waals surface area (Å²) >= 11 is 1.42. The predicted molar refractivity (Wildman–Crippen MR) is 89.8 cm³/mol. The van der Waals surface area contributed by atoms with Gasteiger partial charge in [-0.15, -0.1) is 11.3 Å². The third kappa shape index (κ3) is 3.04. The fourth-order valence-electron chi connectivity index (χ4n) is 2.34. The summed E-state index contributed by atoms with van der Waals surface area (Å²) in [5, 5.41) is 13.6. The number of fused-ring (bicyclic) bond motifs is 1. The molecule has 3 rings (SSSR count). The van der Waals surface area contributed by atoms with Gasteiger partial charge in [-0.2, -0.15) is 0 Å².